The van der Waals surface area contributed by atoms with Crippen LogP contribution in [0.1, 0.15) is 51.2 Å². The number of ether oxygens (including phenoxy) is 1. The lowest BCUT2D eigenvalue weighted by Crippen LogP contribution is -2.58. The number of rotatable bonds is 11. The van der Waals surface area contributed by atoms with Gasteiger partial charge in [0.15, 0.2) is 6.10 Å². The molecule has 5 amide bonds. The molecule has 1 saturated heterocycles. The monoisotopic (exact) mass is 595 g/mol. The molecule has 2 aromatic carbocycles. The lowest BCUT2D eigenvalue weighted by molar-refractivity contribution is -0.147. The van der Waals surface area contributed by atoms with Crippen molar-refractivity contribution in [1.29, 1.82) is 0 Å². The van der Waals surface area contributed by atoms with E-state index in [1.54, 1.807) is 54.6 Å². The highest BCUT2D eigenvalue weighted by Crippen LogP contribution is 2.21. The Labute approximate surface area is 251 Å². The molecule has 2 aromatic rings. The van der Waals surface area contributed by atoms with Crippen LogP contribution in [0.4, 0.5) is 4.79 Å². The molecular formula is C31H41N5O7. The third kappa shape index (κ3) is 10.5. The molecule has 0 unspecified atom stereocenters. The molecule has 6 N–H and O–H groups in total. The van der Waals surface area contributed by atoms with Gasteiger partial charge in [0.2, 0.25) is 17.7 Å². The summed E-state index contributed by atoms with van der Waals surface area (Å²) in [5.74, 6) is -2.64. The highest BCUT2D eigenvalue weighted by Gasteiger charge is 2.40. The zero-order valence-corrected chi connectivity index (χ0v) is 24.7. The summed E-state index contributed by atoms with van der Waals surface area (Å²) in [5.41, 5.74) is 6.92. The first kappa shape index (κ1) is 33.2. The minimum atomic E-state index is -1.69. The second kappa shape index (κ2) is 15.3. The largest absolute Gasteiger partial charge is 0.444 e. The molecule has 232 valence electrons. The van der Waals surface area contributed by atoms with Crippen molar-refractivity contribution in [1.82, 2.24) is 20.9 Å². The van der Waals surface area contributed by atoms with Gasteiger partial charge < -0.3 is 31.1 Å². The van der Waals surface area contributed by atoms with Gasteiger partial charge in [-0.25, -0.2) is 4.79 Å². The number of hydrogen-bond donors (Lipinski definition) is 5. The van der Waals surface area contributed by atoms with Crippen LogP contribution in [0.5, 0.6) is 0 Å². The third-order valence-corrected chi connectivity index (χ3v) is 6.79. The SMILES string of the molecule is CC(C)(C)NC(=O)[C@@H]1CCCN1C(=O)[C@@H](O)[C@H](Cc1ccccc1)NC(=O)[C@@H](N)CC(=O)NC(=O)OCc1ccccc1. The summed E-state index contributed by atoms with van der Waals surface area (Å²) >= 11 is 0. The maximum atomic E-state index is 13.5. The van der Waals surface area contributed by atoms with Crippen LogP contribution in [0.25, 0.3) is 0 Å². The van der Waals surface area contributed by atoms with Crippen molar-refractivity contribution in [2.24, 2.45) is 5.73 Å². The van der Waals surface area contributed by atoms with Crippen molar-refractivity contribution in [3.8, 4) is 0 Å². The second-order valence-corrected chi connectivity index (χ2v) is 11.6. The molecule has 43 heavy (non-hydrogen) atoms. The number of likely N-dealkylation sites (tertiary alicyclic amines) is 1. The van der Waals surface area contributed by atoms with Gasteiger partial charge in [0.25, 0.3) is 5.91 Å². The molecule has 0 radical (unpaired) electrons. The van der Waals surface area contributed by atoms with Crippen LogP contribution in [0.15, 0.2) is 60.7 Å². The van der Waals surface area contributed by atoms with E-state index in [-0.39, 0.29) is 25.5 Å². The number of nitrogens with zero attached hydrogens (tertiary/aromatic N) is 1. The first-order valence-corrected chi connectivity index (χ1v) is 14.2. The van der Waals surface area contributed by atoms with E-state index in [0.717, 1.165) is 11.1 Å². The van der Waals surface area contributed by atoms with Crippen molar-refractivity contribution < 1.29 is 33.8 Å². The predicted octanol–water partition coefficient (Wildman–Crippen LogP) is 1.15. The van der Waals surface area contributed by atoms with Gasteiger partial charge in [-0.3, -0.25) is 24.5 Å². The molecule has 1 heterocycles. The van der Waals surface area contributed by atoms with Gasteiger partial charge in [0.05, 0.1) is 18.5 Å². The minimum absolute atomic E-state index is 0.0463. The Balaban J connectivity index is 1.63. The quantitative estimate of drug-likeness (QED) is 0.257. The number of amides is 5. The standard InChI is InChI=1S/C31H41N5O7/c1-31(2,3)35-28(40)24-15-10-16-36(24)29(41)26(38)23(17-20-11-6-4-7-12-20)33-27(39)22(32)18-25(37)34-30(42)43-19-21-13-8-5-9-14-21/h4-9,11-14,22-24,26,38H,10,15-19,32H2,1-3H3,(H,33,39)(H,35,40)(H,34,37,42)/t22-,23-,24-,26-/m0/s1. The topological polar surface area (TPSA) is 180 Å². The average Bonchev–Trinajstić information content (AvgIpc) is 3.45. The Morgan fingerprint density at radius 3 is 2.21 bits per heavy atom. The third-order valence-electron chi connectivity index (χ3n) is 6.79. The van der Waals surface area contributed by atoms with Gasteiger partial charge >= 0.3 is 6.09 Å². The van der Waals surface area contributed by atoms with Crippen LogP contribution in [0, 0.1) is 0 Å². The molecule has 4 atom stereocenters. The maximum Gasteiger partial charge on any atom is 0.414 e. The van der Waals surface area contributed by atoms with Gasteiger partial charge in [-0.15, -0.1) is 0 Å². The predicted molar refractivity (Wildman–Crippen MR) is 158 cm³/mol. The molecule has 1 aliphatic rings. The highest BCUT2D eigenvalue weighted by atomic mass is 16.5. The number of hydrogen-bond acceptors (Lipinski definition) is 8. The molecule has 1 aliphatic heterocycles. The molecule has 3 rings (SSSR count). The summed E-state index contributed by atoms with van der Waals surface area (Å²) in [6.07, 6.45) is -2.11. The normalized spacial score (nSPS) is 16.9. The van der Waals surface area contributed by atoms with Gasteiger partial charge in [-0.2, -0.15) is 0 Å². The van der Waals surface area contributed by atoms with E-state index >= 15 is 0 Å². The zero-order chi connectivity index (χ0) is 31.6. The lowest BCUT2D eigenvalue weighted by atomic mass is 9.99. The van der Waals surface area contributed by atoms with Crippen LogP contribution in [0.2, 0.25) is 0 Å². The first-order valence-electron chi connectivity index (χ1n) is 14.2. The summed E-state index contributed by atoms with van der Waals surface area (Å²) in [5, 5.41) is 18.7. The van der Waals surface area contributed by atoms with Crippen molar-refractivity contribution in [3.05, 3.63) is 71.8 Å². The first-order chi connectivity index (χ1) is 20.3. The fourth-order valence-electron chi connectivity index (χ4n) is 4.71. The van der Waals surface area contributed by atoms with Gasteiger partial charge in [0, 0.05) is 12.1 Å². The van der Waals surface area contributed by atoms with Crippen molar-refractivity contribution in [2.45, 2.75) is 82.8 Å². The molecule has 0 saturated carbocycles. The van der Waals surface area contributed by atoms with E-state index in [1.807, 2.05) is 32.2 Å². The van der Waals surface area contributed by atoms with E-state index in [0.29, 0.717) is 12.8 Å². The minimum Gasteiger partial charge on any atom is -0.444 e. The van der Waals surface area contributed by atoms with E-state index in [1.165, 1.54) is 4.90 Å². The lowest BCUT2D eigenvalue weighted by Gasteiger charge is -2.32. The Kier molecular flexibility index (Phi) is 11.8. The summed E-state index contributed by atoms with van der Waals surface area (Å²) in [7, 11) is 0. The summed E-state index contributed by atoms with van der Waals surface area (Å²) < 4.78 is 5.01. The zero-order valence-electron chi connectivity index (χ0n) is 24.7. The number of aliphatic hydroxyl groups excluding tert-OH is 1. The van der Waals surface area contributed by atoms with Gasteiger partial charge in [-0.1, -0.05) is 60.7 Å². The highest BCUT2D eigenvalue weighted by molar-refractivity contribution is 5.95. The van der Waals surface area contributed by atoms with E-state index in [9.17, 15) is 29.1 Å². The Bertz CT molecular complexity index is 1270. The van der Waals surface area contributed by atoms with Crippen molar-refractivity contribution >= 4 is 29.7 Å². The molecule has 12 nitrogen and oxygen atoms in total. The second-order valence-electron chi connectivity index (χ2n) is 11.6. The van der Waals surface area contributed by atoms with E-state index in [2.05, 4.69) is 10.6 Å². The number of alkyl carbamates (subject to hydrolysis) is 1. The van der Waals surface area contributed by atoms with Crippen LogP contribution in [0.3, 0.4) is 0 Å². The number of benzene rings is 2. The molecule has 0 spiro atoms. The van der Waals surface area contributed by atoms with Crippen LogP contribution in [-0.4, -0.2) is 76.0 Å². The summed E-state index contributed by atoms with van der Waals surface area (Å²) in [4.78, 5) is 65.1. The van der Waals surface area contributed by atoms with Crippen molar-refractivity contribution in [2.75, 3.05) is 6.54 Å². The van der Waals surface area contributed by atoms with Gasteiger partial charge in [0.1, 0.15) is 12.6 Å². The Morgan fingerprint density at radius 1 is 1.00 bits per heavy atom. The van der Waals surface area contributed by atoms with Crippen LogP contribution < -0.4 is 21.7 Å². The molecule has 1 fully saturated rings. The fraction of sp³-hybridized carbons (Fsp3) is 0.452. The number of carbonyl (C=O) groups excluding carboxylic acids is 5. The number of imide groups is 1. The molecule has 0 aromatic heterocycles. The Hall–Kier alpha value is -4.29. The Morgan fingerprint density at radius 2 is 1.60 bits per heavy atom. The van der Waals surface area contributed by atoms with Gasteiger partial charge in [-0.05, 0) is 51.2 Å². The molecular weight excluding hydrogens is 554 g/mol. The van der Waals surface area contributed by atoms with E-state index < -0.39 is 60.0 Å². The number of carbonyl (C=O) groups is 5. The number of nitrogens with two attached hydrogens (primary N) is 1. The molecule has 0 bridgehead atoms. The van der Waals surface area contributed by atoms with E-state index in [4.69, 9.17) is 10.5 Å². The summed E-state index contributed by atoms with van der Waals surface area (Å²) in [6, 6.07) is 14.6. The van der Waals surface area contributed by atoms with Crippen molar-refractivity contribution in [3.63, 3.8) is 0 Å². The fourth-order valence-corrected chi connectivity index (χ4v) is 4.71. The summed E-state index contributed by atoms with van der Waals surface area (Å²) in [6.45, 7) is 5.75. The number of aliphatic hydroxyl groups is 1. The van der Waals surface area contributed by atoms with Crippen LogP contribution in [-0.2, 0) is 36.9 Å². The average molecular weight is 596 g/mol. The smallest absolute Gasteiger partial charge is 0.414 e. The molecule has 0 aliphatic carbocycles. The maximum absolute atomic E-state index is 13.5. The number of nitrogens with one attached hydrogen (secondary N) is 3. The molecule has 12 heteroatoms. The van der Waals surface area contributed by atoms with Crippen LogP contribution >= 0.6 is 0 Å².